The number of hydrogen-bond donors (Lipinski definition) is 0. The zero-order valence-electron chi connectivity index (χ0n) is 8.67. The quantitative estimate of drug-likeness (QED) is 0.750. The summed E-state index contributed by atoms with van der Waals surface area (Å²) in [4.78, 5) is 14.8. The van der Waals surface area contributed by atoms with Crippen molar-refractivity contribution < 1.29 is 4.79 Å². The standard InChI is InChI=1S/C11H11N3OS/c15-11(10-2-1-7-16-10)13-5-6-14-9(8-13)3-4-12-14/h1-4,7H,5-6,8H2. The minimum absolute atomic E-state index is 0.127. The molecule has 5 heteroatoms. The SMILES string of the molecule is O=C(c1cccs1)N1CCn2nccc2C1. The van der Waals surface area contributed by atoms with Crippen LogP contribution in [0, 0.1) is 0 Å². The fourth-order valence-electron chi connectivity index (χ4n) is 1.92. The molecule has 0 N–H and O–H groups in total. The van der Waals surface area contributed by atoms with Crippen LogP contribution in [0.15, 0.2) is 29.8 Å². The van der Waals surface area contributed by atoms with E-state index >= 15 is 0 Å². The highest BCUT2D eigenvalue weighted by molar-refractivity contribution is 7.12. The molecule has 0 saturated heterocycles. The van der Waals surface area contributed by atoms with E-state index in [0.29, 0.717) is 6.54 Å². The number of carbonyl (C=O) groups is 1. The fraction of sp³-hybridized carbons (Fsp3) is 0.273. The van der Waals surface area contributed by atoms with Crippen LogP contribution in [0.1, 0.15) is 15.4 Å². The van der Waals surface area contributed by atoms with E-state index in [4.69, 9.17) is 0 Å². The molecular weight excluding hydrogens is 222 g/mol. The molecule has 0 saturated carbocycles. The molecule has 0 atom stereocenters. The van der Waals surface area contributed by atoms with Gasteiger partial charge in [0, 0.05) is 12.7 Å². The van der Waals surface area contributed by atoms with E-state index in [-0.39, 0.29) is 5.91 Å². The topological polar surface area (TPSA) is 38.1 Å². The first-order valence-electron chi connectivity index (χ1n) is 5.18. The summed E-state index contributed by atoms with van der Waals surface area (Å²) in [5, 5.41) is 6.13. The zero-order valence-corrected chi connectivity index (χ0v) is 9.48. The van der Waals surface area contributed by atoms with Crippen molar-refractivity contribution in [2.75, 3.05) is 6.54 Å². The van der Waals surface area contributed by atoms with Crippen LogP contribution in [-0.2, 0) is 13.1 Å². The highest BCUT2D eigenvalue weighted by Gasteiger charge is 2.22. The average Bonchev–Trinajstić information content (AvgIpc) is 2.98. The molecule has 0 fully saturated rings. The van der Waals surface area contributed by atoms with Gasteiger partial charge in [-0.25, -0.2) is 0 Å². The van der Waals surface area contributed by atoms with Crippen LogP contribution >= 0.6 is 11.3 Å². The minimum atomic E-state index is 0.127. The summed E-state index contributed by atoms with van der Waals surface area (Å²) in [6.07, 6.45) is 1.79. The summed E-state index contributed by atoms with van der Waals surface area (Å²) in [5.74, 6) is 0.127. The molecule has 3 rings (SSSR count). The van der Waals surface area contributed by atoms with Crippen LogP contribution in [0.4, 0.5) is 0 Å². The minimum Gasteiger partial charge on any atom is -0.330 e. The van der Waals surface area contributed by atoms with E-state index in [2.05, 4.69) is 5.10 Å². The van der Waals surface area contributed by atoms with Gasteiger partial charge in [-0.2, -0.15) is 5.10 Å². The Balaban J connectivity index is 1.81. The second kappa shape index (κ2) is 3.75. The molecule has 0 unspecified atom stereocenters. The van der Waals surface area contributed by atoms with Crippen LogP contribution in [0.3, 0.4) is 0 Å². The summed E-state index contributed by atoms with van der Waals surface area (Å²) in [7, 11) is 0. The molecule has 82 valence electrons. The molecule has 16 heavy (non-hydrogen) atoms. The number of thiophene rings is 1. The lowest BCUT2D eigenvalue weighted by Gasteiger charge is -2.27. The molecular formula is C11H11N3OS. The Morgan fingerprint density at radius 2 is 2.31 bits per heavy atom. The van der Waals surface area contributed by atoms with Crippen LogP contribution in [0.2, 0.25) is 0 Å². The van der Waals surface area contributed by atoms with Gasteiger partial charge in [0.1, 0.15) is 0 Å². The van der Waals surface area contributed by atoms with E-state index in [1.807, 2.05) is 33.2 Å². The predicted molar refractivity (Wildman–Crippen MR) is 61.3 cm³/mol. The molecule has 2 aromatic rings. The van der Waals surface area contributed by atoms with E-state index in [1.54, 1.807) is 6.20 Å². The van der Waals surface area contributed by atoms with Gasteiger partial charge in [-0.3, -0.25) is 9.48 Å². The lowest BCUT2D eigenvalue weighted by atomic mass is 10.3. The van der Waals surface area contributed by atoms with Gasteiger partial charge < -0.3 is 4.90 Å². The molecule has 1 amide bonds. The van der Waals surface area contributed by atoms with Crippen molar-refractivity contribution in [1.82, 2.24) is 14.7 Å². The van der Waals surface area contributed by atoms with Crippen LogP contribution < -0.4 is 0 Å². The number of aromatic nitrogens is 2. The second-order valence-electron chi connectivity index (χ2n) is 3.75. The third-order valence-corrected chi connectivity index (χ3v) is 3.62. The van der Waals surface area contributed by atoms with Crippen LogP contribution in [0.25, 0.3) is 0 Å². The highest BCUT2D eigenvalue weighted by Crippen LogP contribution is 2.17. The molecule has 0 aliphatic carbocycles. The zero-order chi connectivity index (χ0) is 11.0. The fourth-order valence-corrected chi connectivity index (χ4v) is 2.61. The van der Waals surface area contributed by atoms with Gasteiger partial charge in [-0.05, 0) is 17.5 Å². The number of amides is 1. The number of rotatable bonds is 1. The third kappa shape index (κ3) is 1.53. The maximum Gasteiger partial charge on any atom is 0.264 e. The third-order valence-electron chi connectivity index (χ3n) is 2.76. The molecule has 2 aromatic heterocycles. The molecule has 0 aromatic carbocycles. The molecule has 0 spiro atoms. The largest absolute Gasteiger partial charge is 0.330 e. The van der Waals surface area contributed by atoms with E-state index in [0.717, 1.165) is 23.7 Å². The van der Waals surface area contributed by atoms with Crippen molar-refractivity contribution in [2.45, 2.75) is 13.1 Å². The second-order valence-corrected chi connectivity index (χ2v) is 4.70. The van der Waals surface area contributed by atoms with E-state index < -0.39 is 0 Å². The van der Waals surface area contributed by atoms with Crippen LogP contribution in [0.5, 0.6) is 0 Å². The Morgan fingerprint density at radius 1 is 1.38 bits per heavy atom. The summed E-state index contributed by atoms with van der Waals surface area (Å²) in [6, 6.07) is 5.75. The Bertz CT molecular complexity index is 503. The summed E-state index contributed by atoms with van der Waals surface area (Å²) in [6.45, 7) is 2.20. The van der Waals surface area contributed by atoms with Gasteiger partial charge in [0.25, 0.3) is 5.91 Å². The Labute approximate surface area is 97.1 Å². The van der Waals surface area contributed by atoms with Crippen molar-refractivity contribution in [3.8, 4) is 0 Å². The van der Waals surface area contributed by atoms with Gasteiger partial charge in [0.2, 0.25) is 0 Å². The van der Waals surface area contributed by atoms with Crippen molar-refractivity contribution >= 4 is 17.2 Å². The van der Waals surface area contributed by atoms with Gasteiger partial charge in [0.15, 0.2) is 0 Å². The Morgan fingerprint density at radius 3 is 3.12 bits per heavy atom. The molecule has 1 aliphatic rings. The molecule has 1 aliphatic heterocycles. The predicted octanol–water partition coefficient (Wildman–Crippen LogP) is 1.60. The number of nitrogens with zero attached hydrogens (tertiary/aromatic N) is 3. The Hall–Kier alpha value is -1.62. The van der Waals surface area contributed by atoms with Crippen molar-refractivity contribution in [3.05, 3.63) is 40.3 Å². The first kappa shape index (κ1) is 9.59. The molecule has 0 radical (unpaired) electrons. The first-order valence-corrected chi connectivity index (χ1v) is 6.06. The van der Waals surface area contributed by atoms with Crippen molar-refractivity contribution in [1.29, 1.82) is 0 Å². The molecule has 4 nitrogen and oxygen atoms in total. The number of fused-ring (bicyclic) bond motifs is 1. The van der Waals surface area contributed by atoms with Gasteiger partial charge in [-0.1, -0.05) is 6.07 Å². The van der Waals surface area contributed by atoms with E-state index in [1.165, 1.54) is 11.3 Å². The maximum atomic E-state index is 12.1. The van der Waals surface area contributed by atoms with Crippen LogP contribution in [-0.4, -0.2) is 27.1 Å². The first-order chi connectivity index (χ1) is 7.84. The number of hydrogen-bond acceptors (Lipinski definition) is 3. The normalized spacial score (nSPS) is 14.9. The molecule has 3 heterocycles. The summed E-state index contributed by atoms with van der Waals surface area (Å²) < 4.78 is 1.96. The lowest BCUT2D eigenvalue weighted by Crippen LogP contribution is -2.38. The smallest absolute Gasteiger partial charge is 0.264 e. The summed E-state index contributed by atoms with van der Waals surface area (Å²) in [5.41, 5.74) is 1.11. The van der Waals surface area contributed by atoms with E-state index in [9.17, 15) is 4.79 Å². The van der Waals surface area contributed by atoms with Gasteiger partial charge in [-0.15, -0.1) is 11.3 Å². The van der Waals surface area contributed by atoms with Crippen molar-refractivity contribution in [3.63, 3.8) is 0 Å². The highest BCUT2D eigenvalue weighted by atomic mass is 32.1. The average molecular weight is 233 g/mol. The number of carbonyl (C=O) groups excluding carboxylic acids is 1. The maximum absolute atomic E-state index is 12.1. The molecule has 0 bridgehead atoms. The summed E-state index contributed by atoms with van der Waals surface area (Å²) >= 11 is 1.49. The van der Waals surface area contributed by atoms with Crippen molar-refractivity contribution in [2.24, 2.45) is 0 Å². The Kier molecular flexibility index (Phi) is 2.25. The van der Waals surface area contributed by atoms with Gasteiger partial charge in [0.05, 0.1) is 23.7 Å². The lowest BCUT2D eigenvalue weighted by molar-refractivity contribution is 0.0711. The monoisotopic (exact) mass is 233 g/mol. The van der Waals surface area contributed by atoms with Gasteiger partial charge >= 0.3 is 0 Å².